The molecule has 0 spiro atoms. The normalized spacial score (nSPS) is 20.4. The van der Waals surface area contributed by atoms with Crippen molar-refractivity contribution in [1.29, 1.82) is 0 Å². The molecule has 1 aromatic heterocycles. The van der Waals surface area contributed by atoms with Crippen LogP contribution in [0.4, 0.5) is 0 Å². The van der Waals surface area contributed by atoms with Crippen molar-refractivity contribution in [3.05, 3.63) is 53.9 Å². The zero-order valence-corrected chi connectivity index (χ0v) is 25.6. The molecule has 1 N–H and O–H groups in total. The van der Waals surface area contributed by atoms with E-state index in [0.717, 1.165) is 5.56 Å². The van der Waals surface area contributed by atoms with Crippen LogP contribution >= 0.6 is 0 Å². The molecule has 2 aromatic rings. The maximum absolute atomic E-state index is 13.4. The Morgan fingerprint density at radius 1 is 1.00 bits per heavy atom. The minimum Gasteiger partial charge on any atom is -0.493 e. The van der Waals surface area contributed by atoms with Gasteiger partial charge in [0.15, 0.2) is 29.3 Å². The maximum Gasteiger partial charge on any atom is 0.332 e. The first-order valence-corrected chi connectivity index (χ1v) is 14.2. The fourth-order valence-corrected chi connectivity index (χ4v) is 4.18. The van der Waals surface area contributed by atoms with E-state index < -0.39 is 79.2 Å². The Morgan fingerprint density at radius 2 is 1.68 bits per heavy atom. The Bertz CT molecular complexity index is 1330. The van der Waals surface area contributed by atoms with Crippen molar-refractivity contribution in [3.63, 3.8) is 0 Å². The number of hydrogen-bond donors (Lipinski definition) is 1. The predicted octanol–water partition coefficient (Wildman–Crippen LogP) is 2.64. The number of nitrogens with one attached hydrogen (secondary N) is 1. The van der Waals surface area contributed by atoms with Crippen LogP contribution in [-0.4, -0.2) is 73.5 Å². The number of carbonyl (C=O) groups is 5. The fourth-order valence-electron chi connectivity index (χ4n) is 4.18. The van der Waals surface area contributed by atoms with Gasteiger partial charge in [0.2, 0.25) is 6.79 Å². The highest BCUT2D eigenvalue weighted by Crippen LogP contribution is 2.30. The number of rotatable bonds is 11. The van der Waals surface area contributed by atoms with E-state index in [-0.39, 0.29) is 23.6 Å². The molecule has 13 heteroatoms. The largest absolute Gasteiger partial charge is 0.493 e. The van der Waals surface area contributed by atoms with Gasteiger partial charge in [-0.25, -0.2) is 9.78 Å². The number of cyclic esters (lactones) is 2. The van der Waals surface area contributed by atoms with Crippen LogP contribution in [0.1, 0.15) is 50.7 Å². The molecule has 13 nitrogen and oxygen atoms in total. The summed E-state index contributed by atoms with van der Waals surface area (Å²) in [6.07, 6.45) is -0.811. The first kappa shape index (κ1) is 33.8. The number of aromatic nitrogens is 1. The molecule has 3 rings (SSSR count). The van der Waals surface area contributed by atoms with E-state index >= 15 is 0 Å². The monoisotopic (exact) mass is 614 g/mol. The van der Waals surface area contributed by atoms with Gasteiger partial charge in [0, 0.05) is 12.3 Å². The van der Waals surface area contributed by atoms with Crippen LogP contribution in [0.5, 0.6) is 11.5 Å². The van der Waals surface area contributed by atoms with E-state index in [1.165, 1.54) is 26.3 Å². The van der Waals surface area contributed by atoms with Crippen LogP contribution in [0.3, 0.4) is 0 Å². The SMILES string of the molecule is COc1ccnc(C(=O)N[C@H]2COC(=O)[C@@H](Cc3ccccc3)[C@H](OC(=O)C(C)C)[C@H](C)OC2=O)c1OCOC(=O)C(C)C. The quantitative estimate of drug-likeness (QED) is 0.224. The Morgan fingerprint density at radius 3 is 2.32 bits per heavy atom. The standard InChI is InChI=1S/C31H38N2O11/c1-17(2)28(35)42-16-41-26-23(39-6)12-13-32-24(26)27(34)33-22-15-40-30(37)21(14-20-10-8-7-9-11-20)25(19(5)43-31(22)38)44-29(36)18(3)4/h7-13,17-19,21-22,25H,14-16H2,1-6H3,(H,33,34)/t19-,21-,22-,25+/m0/s1. The van der Waals surface area contributed by atoms with Crippen molar-refractivity contribution in [2.45, 2.75) is 59.3 Å². The maximum atomic E-state index is 13.4. The molecule has 4 atom stereocenters. The second-order valence-corrected chi connectivity index (χ2v) is 10.7. The molecule has 0 saturated carbocycles. The highest BCUT2D eigenvalue weighted by atomic mass is 16.7. The van der Waals surface area contributed by atoms with E-state index in [9.17, 15) is 24.0 Å². The van der Waals surface area contributed by atoms with Crippen LogP contribution in [0, 0.1) is 17.8 Å². The highest BCUT2D eigenvalue weighted by molar-refractivity contribution is 5.98. The summed E-state index contributed by atoms with van der Waals surface area (Å²) in [5, 5.41) is 2.46. The zero-order chi connectivity index (χ0) is 32.4. The average Bonchev–Trinajstić information content (AvgIpc) is 3.03. The van der Waals surface area contributed by atoms with Crippen LogP contribution in [0.2, 0.25) is 0 Å². The van der Waals surface area contributed by atoms with Crippen LogP contribution in [-0.2, 0) is 44.5 Å². The summed E-state index contributed by atoms with van der Waals surface area (Å²) in [5.41, 5.74) is 0.487. The van der Waals surface area contributed by atoms with Crippen molar-refractivity contribution >= 4 is 29.8 Å². The van der Waals surface area contributed by atoms with Gasteiger partial charge in [0.25, 0.3) is 5.91 Å². The smallest absolute Gasteiger partial charge is 0.332 e. The third-order valence-corrected chi connectivity index (χ3v) is 6.65. The number of hydrogen-bond acceptors (Lipinski definition) is 12. The van der Waals surface area contributed by atoms with Crippen LogP contribution in [0.15, 0.2) is 42.6 Å². The van der Waals surface area contributed by atoms with Gasteiger partial charge < -0.3 is 33.7 Å². The first-order valence-electron chi connectivity index (χ1n) is 14.2. The number of esters is 4. The van der Waals surface area contributed by atoms with Crippen molar-refractivity contribution in [1.82, 2.24) is 10.3 Å². The fraction of sp³-hybridized carbons (Fsp3) is 0.484. The van der Waals surface area contributed by atoms with E-state index in [2.05, 4.69) is 10.3 Å². The summed E-state index contributed by atoms with van der Waals surface area (Å²) in [6, 6.07) is 9.03. The first-order chi connectivity index (χ1) is 20.9. The summed E-state index contributed by atoms with van der Waals surface area (Å²) in [5.74, 6) is -5.61. The number of pyridine rings is 1. The second kappa shape index (κ2) is 15.7. The minimum atomic E-state index is -1.45. The Labute approximate surface area is 255 Å². The summed E-state index contributed by atoms with van der Waals surface area (Å²) in [4.78, 5) is 68.5. The summed E-state index contributed by atoms with van der Waals surface area (Å²) < 4.78 is 32.6. The van der Waals surface area contributed by atoms with Gasteiger partial charge in [-0.05, 0) is 18.9 Å². The molecule has 0 radical (unpaired) electrons. The molecule has 1 fully saturated rings. The second-order valence-electron chi connectivity index (χ2n) is 10.7. The number of ether oxygens (including phenoxy) is 6. The third-order valence-electron chi connectivity index (χ3n) is 6.65. The number of amides is 1. The van der Waals surface area contributed by atoms with Gasteiger partial charge in [-0.15, -0.1) is 0 Å². The number of nitrogens with zero attached hydrogens (tertiary/aromatic N) is 1. The Hall–Kier alpha value is -4.68. The average molecular weight is 615 g/mol. The van der Waals surface area contributed by atoms with Crippen LogP contribution < -0.4 is 14.8 Å². The molecule has 1 saturated heterocycles. The van der Waals surface area contributed by atoms with Crippen molar-refractivity contribution in [3.8, 4) is 11.5 Å². The number of methoxy groups -OCH3 is 1. The lowest BCUT2D eigenvalue weighted by Gasteiger charge is -2.29. The summed E-state index contributed by atoms with van der Waals surface area (Å²) in [6.45, 7) is 6.98. The van der Waals surface area contributed by atoms with E-state index in [1.54, 1.807) is 39.8 Å². The number of carbonyl (C=O) groups excluding carboxylic acids is 5. The van der Waals surface area contributed by atoms with Gasteiger partial charge in [0.05, 0.1) is 18.9 Å². The molecule has 0 bridgehead atoms. The van der Waals surface area contributed by atoms with Gasteiger partial charge in [-0.1, -0.05) is 58.0 Å². The van der Waals surface area contributed by atoms with Crippen molar-refractivity contribution in [2.24, 2.45) is 17.8 Å². The van der Waals surface area contributed by atoms with Gasteiger partial charge in [-0.3, -0.25) is 19.2 Å². The molecule has 0 unspecified atom stereocenters. The lowest BCUT2D eigenvalue weighted by Crippen LogP contribution is -2.47. The van der Waals surface area contributed by atoms with E-state index in [0.29, 0.717) is 0 Å². The molecule has 2 heterocycles. The van der Waals surface area contributed by atoms with E-state index in [1.807, 2.05) is 18.2 Å². The zero-order valence-electron chi connectivity index (χ0n) is 25.6. The topological polar surface area (TPSA) is 166 Å². The lowest BCUT2D eigenvalue weighted by atomic mass is 9.91. The molecule has 1 aliphatic heterocycles. The summed E-state index contributed by atoms with van der Waals surface area (Å²) >= 11 is 0. The molecular weight excluding hydrogens is 576 g/mol. The minimum absolute atomic E-state index is 0.112. The predicted molar refractivity (Wildman–Crippen MR) is 153 cm³/mol. The summed E-state index contributed by atoms with van der Waals surface area (Å²) in [7, 11) is 1.34. The van der Waals surface area contributed by atoms with E-state index in [4.69, 9.17) is 28.4 Å². The van der Waals surface area contributed by atoms with Crippen molar-refractivity contribution < 1.29 is 52.4 Å². The molecular formula is C31H38N2O11. The molecule has 0 aliphatic carbocycles. The van der Waals surface area contributed by atoms with Gasteiger partial charge in [-0.2, -0.15) is 0 Å². The molecule has 1 aromatic carbocycles. The van der Waals surface area contributed by atoms with Crippen LogP contribution in [0.25, 0.3) is 0 Å². The molecule has 1 amide bonds. The number of benzene rings is 1. The highest BCUT2D eigenvalue weighted by Gasteiger charge is 2.42. The lowest BCUT2D eigenvalue weighted by molar-refractivity contribution is -0.176. The molecule has 44 heavy (non-hydrogen) atoms. The van der Waals surface area contributed by atoms with Gasteiger partial charge >= 0.3 is 23.9 Å². The van der Waals surface area contributed by atoms with Gasteiger partial charge in [0.1, 0.15) is 18.6 Å². The third kappa shape index (κ3) is 8.91. The molecule has 1 aliphatic rings. The molecule has 238 valence electrons. The Balaban J connectivity index is 1.85. The Kier molecular flexibility index (Phi) is 12.1. The van der Waals surface area contributed by atoms with Crippen molar-refractivity contribution in [2.75, 3.05) is 20.5 Å².